The first-order chi connectivity index (χ1) is 17.6. The number of nitrogens with one attached hydrogen (secondary N) is 1. The lowest BCUT2D eigenvalue weighted by atomic mass is 10.0. The average molecular weight is 526 g/mol. The van der Waals surface area contributed by atoms with Gasteiger partial charge in [-0.2, -0.15) is 0 Å². The van der Waals surface area contributed by atoms with Crippen LogP contribution in [0.4, 0.5) is 10.1 Å². The van der Waals surface area contributed by atoms with Gasteiger partial charge in [0.25, 0.3) is 0 Å². The highest BCUT2D eigenvalue weighted by atomic mass is 32.2. The molecule has 0 aliphatic carbocycles. The molecule has 1 atom stereocenters. The number of carbonyl (C=O) groups is 2. The van der Waals surface area contributed by atoms with Gasteiger partial charge in [0.15, 0.2) is 0 Å². The van der Waals surface area contributed by atoms with Gasteiger partial charge in [-0.15, -0.1) is 0 Å². The molecule has 9 heteroatoms. The molecule has 0 aromatic heterocycles. The van der Waals surface area contributed by atoms with E-state index in [9.17, 15) is 22.4 Å². The van der Waals surface area contributed by atoms with E-state index in [1.165, 1.54) is 36.2 Å². The summed E-state index contributed by atoms with van der Waals surface area (Å²) < 4.78 is 40.0. The number of anilines is 1. The fourth-order valence-electron chi connectivity index (χ4n) is 4.02. The molecule has 0 heterocycles. The normalized spacial score (nSPS) is 12.0. The molecule has 0 aliphatic heterocycles. The third kappa shape index (κ3) is 7.63. The lowest BCUT2D eigenvalue weighted by molar-refractivity contribution is -0.139. The zero-order valence-corrected chi connectivity index (χ0v) is 22.0. The van der Waals surface area contributed by atoms with E-state index in [0.717, 1.165) is 28.1 Å². The molecule has 0 saturated heterocycles. The largest absolute Gasteiger partial charge is 0.357 e. The van der Waals surface area contributed by atoms with Crippen molar-refractivity contribution in [2.24, 2.45) is 0 Å². The SMILES string of the molecule is CCc1ccc(N(CC(=O)N(Cc2ccc(F)cc2)[C@@H](Cc2ccccc2)C(=O)NC)S(C)(=O)=O)cc1. The zero-order chi connectivity index (χ0) is 27.0. The van der Waals surface area contributed by atoms with Crippen LogP contribution in [0.2, 0.25) is 0 Å². The molecule has 0 fully saturated rings. The molecule has 0 unspecified atom stereocenters. The van der Waals surface area contributed by atoms with Crippen LogP contribution in [-0.4, -0.2) is 51.0 Å². The van der Waals surface area contributed by atoms with E-state index in [2.05, 4.69) is 5.32 Å². The Hall–Kier alpha value is -3.72. The van der Waals surface area contributed by atoms with Gasteiger partial charge in [0.2, 0.25) is 21.8 Å². The Morgan fingerprint density at radius 1 is 0.892 bits per heavy atom. The van der Waals surface area contributed by atoms with Crippen LogP contribution in [0.5, 0.6) is 0 Å². The summed E-state index contributed by atoms with van der Waals surface area (Å²) in [7, 11) is -2.33. The van der Waals surface area contributed by atoms with E-state index >= 15 is 0 Å². The summed E-state index contributed by atoms with van der Waals surface area (Å²) >= 11 is 0. The van der Waals surface area contributed by atoms with Gasteiger partial charge in [0, 0.05) is 20.0 Å². The van der Waals surface area contributed by atoms with Crippen molar-refractivity contribution in [3.05, 3.63) is 101 Å². The first-order valence-electron chi connectivity index (χ1n) is 12.0. The molecule has 1 N–H and O–H groups in total. The summed E-state index contributed by atoms with van der Waals surface area (Å²) in [5.74, 6) is -1.37. The number of hydrogen-bond donors (Lipinski definition) is 1. The second kappa shape index (κ2) is 12.5. The molecule has 0 aliphatic rings. The van der Waals surface area contributed by atoms with Gasteiger partial charge in [-0.3, -0.25) is 13.9 Å². The van der Waals surface area contributed by atoms with Crippen molar-refractivity contribution < 1.29 is 22.4 Å². The minimum atomic E-state index is -3.82. The van der Waals surface area contributed by atoms with Gasteiger partial charge in [-0.1, -0.05) is 61.5 Å². The summed E-state index contributed by atoms with van der Waals surface area (Å²) in [6.07, 6.45) is 2.05. The number of halogens is 1. The summed E-state index contributed by atoms with van der Waals surface area (Å²) in [6, 6.07) is 20.9. The molecule has 3 aromatic rings. The van der Waals surface area contributed by atoms with Crippen molar-refractivity contribution >= 4 is 27.5 Å². The number of rotatable bonds is 11. The van der Waals surface area contributed by atoms with E-state index in [1.54, 1.807) is 12.1 Å². The lowest BCUT2D eigenvalue weighted by Crippen LogP contribution is -2.52. The Morgan fingerprint density at radius 2 is 1.49 bits per heavy atom. The number of hydrogen-bond acceptors (Lipinski definition) is 4. The maximum atomic E-state index is 13.8. The molecule has 7 nitrogen and oxygen atoms in total. The lowest BCUT2D eigenvalue weighted by Gasteiger charge is -2.33. The fraction of sp³-hybridized carbons (Fsp3) is 0.286. The third-order valence-electron chi connectivity index (χ3n) is 6.10. The Morgan fingerprint density at radius 3 is 2.03 bits per heavy atom. The van der Waals surface area contributed by atoms with Gasteiger partial charge in [0.05, 0.1) is 11.9 Å². The number of amides is 2. The predicted molar refractivity (Wildman–Crippen MR) is 143 cm³/mol. The summed E-state index contributed by atoms with van der Waals surface area (Å²) in [5.41, 5.74) is 2.83. The first kappa shape index (κ1) is 27.9. The highest BCUT2D eigenvalue weighted by Gasteiger charge is 2.32. The number of nitrogens with zero attached hydrogens (tertiary/aromatic N) is 2. The van der Waals surface area contributed by atoms with Crippen molar-refractivity contribution in [3.63, 3.8) is 0 Å². The molecule has 2 amide bonds. The van der Waals surface area contributed by atoms with Crippen LogP contribution >= 0.6 is 0 Å². The smallest absolute Gasteiger partial charge is 0.244 e. The average Bonchev–Trinajstić information content (AvgIpc) is 2.89. The van der Waals surface area contributed by atoms with E-state index in [0.29, 0.717) is 11.3 Å². The molecular weight excluding hydrogens is 493 g/mol. The molecule has 3 aromatic carbocycles. The van der Waals surface area contributed by atoms with Crippen LogP contribution in [0, 0.1) is 5.82 Å². The third-order valence-corrected chi connectivity index (χ3v) is 7.24. The van der Waals surface area contributed by atoms with E-state index < -0.39 is 40.2 Å². The van der Waals surface area contributed by atoms with Crippen LogP contribution < -0.4 is 9.62 Å². The summed E-state index contributed by atoms with van der Waals surface area (Å²) in [6.45, 7) is 1.50. The minimum Gasteiger partial charge on any atom is -0.357 e. The van der Waals surface area contributed by atoms with Crippen molar-refractivity contribution in [2.75, 3.05) is 24.2 Å². The number of carbonyl (C=O) groups excluding carboxylic acids is 2. The van der Waals surface area contributed by atoms with Crippen molar-refractivity contribution in [2.45, 2.75) is 32.4 Å². The monoisotopic (exact) mass is 525 g/mol. The minimum absolute atomic E-state index is 0.00356. The Kier molecular flexibility index (Phi) is 9.41. The van der Waals surface area contributed by atoms with Gasteiger partial charge in [0.1, 0.15) is 18.4 Å². The standard InChI is InChI=1S/C28H32FN3O4S/c1-4-21-12-16-25(17-13-21)32(37(3,35)36)20-27(33)31(19-23-10-14-24(29)15-11-23)26(28(34)30-2)18-22-8-6-5-7-9-22/h5-17,26H,4,18-20H2,1-3H3,(H,30,34)/t26-/m0/s1. The molecule has 196 valence electrons. The number of sulfonamides is 1. The Bertz CT molecular complexity index is 1300. The van der Waals surface area contributed by atoms with Crippen LogP contribution in [0.15, 0.2) is 78.9 Å². The number of aryl methyl sites for hydroxylation is 1. The van der Waals surface area contributed by atoms with Crippen molar-refractivity contribution in [1.29, 1.82) is 0 Å². The van der Waals surface area contributed by atoms with Crippen molar-refractivity contribution in [3.8, 4) is 0 Å². The van der Waals surface area contributed by atoms with Crippen LogP contribution in [-0.2, 0) is 39.0 Å². The second-order valence-electron chi connectivity index (χ2n) is 8.76. The van der Waals surface area contributed by atoms with Gasteiger partial charge >= 0.3 is 0 Å². The van der Waals surface area contributed by atoms with Crippen LogP contribution in [0.25, 0.3) is 0 Å². The van der Waals surface area contributed by atoms with E-state index in [1.807, 2.05) is 49.4 Å². The molecule has 3 rings (SSSR count). The molecule has 37 heavy (non-hydrogen) atoms. The Balaban J connectivity index is 2.00. The Labute approximate surface area is 218 Å². The summed E-state index contributed by atoms with van der Waals surface area (Å²) in [4.78, 5) is 28.2. The highest BCUT2D eigenvalue weighted by Crippen LogP contribution is 2.21. The summed E-state index contributed by atoms with van der Waals surface area (Å²) in [5, 5.41) is 2.62. The fourth-order valence-corrected chi connectivity index (χ4v) is 4.87. The van der Waals surface area contributed by atoms with E-state index in [-0.39, 0.29) is 13.0 Å². The second-order valence-corrected chi connectivity index (χ2v) is 10.7. The quantitative estimate of drug-likeness (QED) is 0.415. The maximum absolute atomic E-state index is 13.8. The maximum Gasteiger partial charge on any atom is 0.244 e. The van der Waals surface area contributed by atoms with Gasteiger partial charge in [-0.05, 0) is 47.4 Å². The topological polar surface area (TPSA) is 86.8 Å². The zero-order valence-electron chi connectivity index (χ0n) is 21.2. The molecular formula is C28H32FN3O4S. The van der Waals surface area contributed by atoms with Crippen molar-refractivity contribution in [1.82, 2.24) is 10.2 Å². The first-order valence-corrected chi connectivity index (χ1v) is 13.8. The molecule has 0 saturated carbocycles. The van der Waals surface area contributed by atoms with E-state index in [4.69, 9.17) is 0 Å². The van der Waals surface area contributed by atoms with Crippen LogP contribution in [0.3, 0.4) is 0 Å². The van der Waals surface area contributed by atoms with Gasteiger partial charge in [-0.25, -0.2) is 12.8 Å². The predicted octanol–water partition coefficient (Wildman–Crippen LogP) is 3.54. The highest BCUT2D eigenvalue weighted by molar-refractivity contribution is 7.92. The molecule has 0 radical (unpaired) electrons. The molecule has 0 bridgehead atoms. The number of likely N-dealkylation sites (N-methyl/N-ethyl adjacent to an activating group) is 1. The molecule has 0 spiro atoms. The number of benzene rings is 3. The van der Waals surface area contributed by atoms with Gasteiger partial charge < -0.3 is 10.2 Å². The van der Waals surface area contributed by atoms with Crippen LogP contribution in [0.1, 0.15) is 23.6 Å².